The van der Waals surface area contributed by atoms with Gasteiger partial charge in [-0.25, -0.2) is 4.39 Å². The fourth-order valence-electron chi connectivity index (χ4n) is 2.45. The van der Waals surface area contributed by atoms with Crippen molar-refractivity contribution in [1.82, 2.24) is 4.90 Å². The first-order valence-corrected chi connectivity index (χ1v) is 6.65. The lowest BCUT2D eigenvalue weighted by Gasteiger charge is -2.34. The molecule has 6 heteroatoms. The highest BCUT2D eigenvalue weighted by molar-refractivity contribution is 6.30. The molecule has 0 amide bonds. The van der Waals surface area contributed by atoms with E-state index in [1.54, 1.807) is 12.1 Å². The molecular weight excluding hydrogens is 269 g/mol. The number of likely N-dealkylation sites (tertiary alicyclic amines) is 1. The summed E-state index contributed by atoms with van der Waals surface area (Å²) in [4.78, 5) is 2.03. The van der Waals surface area contributed by atoms with E-state index in [4.69, 9.17) is 22.5 Å². The first-order chi connectivity index (χ1) is 9.11. The number of oxime groups is 1. The van der Waals surface area contributed by atoms with Crippen molar-refractivity contribution in [2.24, 2.45) is 10.9 Å². The van der Waals surface area contributed by atoms with Crippen LogP contribution in [0.2, 0.25) is 5.02 Å². The van der Waals surface area contributed by atoms with E-state index >= 15 is 0 Å². The summed E-state index contributed by atoms with van der Waals surface area (Å²) in [6.45, 7) is 1.24. The van der Waals surface area contributed by atoms with Crippen LogP contribution < -0.4 is 5.73 Å². The van der Waals surface area contributed by atoms with E-state index in [9.17, 15) is 4.39 Å². The van der Waals surface area contributed by atoms with Crippen LogP contribution in [0.15, 0.2) is 23.4 Å². The maximum atomic E-state index is 13.8. The molecule has 1 aliphatic rings. The van der Waals surface area contributed by atoms with E-state index < -0.39 is 0 Å². The lowest BCUT2D eigenvalue weighted by atomic mass is 10.0. The zero-order valence-corrected chi connectivity index (χ0v) is 11.3. The molecule has 0 radical (unpaired) electrons. The van der Waals surface area contributed by atoms with Crippen LogP contribution in [0.4, 0.5) is 4.39 Å². The zero-order chi connectivity index (χ0) is 13.8. The Labute approximate surface area is 116 Å². The van der Waals surface area contributed by atoms with Crippen molar-refractivity contribution >= 4 is 17.4 Å². The third kappa shape index (κ3) is 3.36. The van der Waals surface area contributed by atoms with Gasteiger partial charge in [-0.05, 0) is 31.5 Å². The highest BCUT2D eigenvalue weighted by Crippen LogP contribution is 2.22. The molecule has 1 atom stereocenters. The highest BCUT2D eigenvalue weighted by atomic mass is 35.5. The summed E-state index contributed by atoms with van der Waals surface area (Å²) < 4.78 is 13.8. The summed E-state index contributed by atoms with van der Waals surface area (Å²) in [5.74, 6) is -0.134. The van der Waals surface area contributed by atoms with Crippen molar-refractivity contribution in [2.45, 2.75) is 31.8 Å². The largest absolute Gasteiger partial charge is 0.409 e. The molecule has 1 heterocycles. The van der Waals surface area contributed by atoms with Crippen LogP contribution in [0, 0.1) is 5.82 Å². The third-order valence-corrected chi connectivity index (χ3v) is 3.69. The molecule has 1 saturated heterocycles. The number of amidine groups is 1. The summed E-state index contributed by atoms with van der Waals surface area (Å²) in [6, 6.07) is 4.52. The fourth-order valence-corrected chi connectivity index (χ4v) is 2.61. The third-order valence-electron chi connectivity index (χ3n) is 3.46. The Morgan fingerprint density at radius 1 is 1.53 bits per heavy atom. The molecule has 104 valence electrons. The van der Waals surface area contributed by atoms with Crippen molar-refractivity contribution in [3.05, 3.63) is 34.6 Å². The van der Waals surface area contributed by atoms with Gasteiger partial charge in [0.15, 0.2) is 5.84 Å². The molecule has 0 saturated carbocycles. The molecule has 4 nitrogen and oxygen atoms in total. The Hall–Kier alpha value is -1.33. The van der Waals surface area contributed by atoms with Gasteiger partial charge in [0.2, 0.25) is 0 Å². The van der Waals surface area contributed by atoms with E-state index in [2.05, 4.69) is 5.16 Å². The first-order valence-electron chi connectivity index (χ1n) is 6.27. The van der Waals surface area contributed by atoms with E-state index in [-0.39, 0.29) is 17.7 Å². The summed E-state index contributed by atoms with van der Waals surface area (Å²) in [5.41, 5.74) is 6.27. The molecule has 3 N–H and O–H groups in total. The van der Waals surface area contributed by atoms with Crippen molar-refractivity contribution in [2.75, 3.05) is 6.54 Å². The van der Waals surface area contributed by atoms with Crippen molar-refractivity contribution in [3.63, 3.8) is 0 Å². The average molecular weight is 286 g/mol. The molecular formula is C13H17ClFN3O. The van der Waals surface area contributed by atoms with Crippen LogP contribution in [-0.2, 0) is 6.54 Å². The second kappa shape index (κ2) is 6.21. The minimum Gasteiger partial charge on any atom is -0.409 e. The van der Waals surface area contributed by atoms with Gasteiger partial charge in [-0.2, -0.15) is 0 Å². The number of rotatable bonds is 3. The quantitative estimate of drug-likeness (QED) is 0.388. The van der Waals surface area contributed by atoms with Crippen molar-refractivity contribution < 1.29 is 9.60 Å². The maximum Gasteiger partial charge on any atom is 0.156 e. The molecule has 1 aromatic rings. The summed E-state index contributed by atoms with van der Waals surface area (Å²) in [5, 5.41) is 12.3. The Bertz CT molecular complexity index is 481. The topological polar surface area (TPSA) is 61.9 Å². The Morgan fingerprint density at radius 3 is 3.00 bits per heavy atom. The predicted molar refractivity (Wildman–Crippen MR) is 72.9 cm³/mol. The van der Waals surface area contributed by atoms with E-state index in [0.717, 1.165) is 25.8 Å². The molecule has 1 fully saturated rings. The van der Waals surface area contributed by atoms with Gasteiger partial charge in [-0.1, -0.05) is 29.2 Å². The lowest BCUT2D eigenvalue weighted by Crippen LogP contribution is -2.47. The standard InChI is InChI=1S/C13H17ClFN3O/c14-10-5-4-9(11(15)7-10)8-18-6-2-1-3-12(18)13(16)17-19/h4-5,7,12,19H,1-3,6,8H2,(H2,16,17). The summed E-state index contributed by atoms with van der Waals surface area (Å²) in [7, 11) is 0. The minimum absolute atomic E-state index is 0.131. The Balaban J connectivity index is 2.15. The highest BCUT2D eigenvalue weighted by Gasteiger charge is 2.26. The van der Waals surface area contributed by atoms with Crippen LogP contribution in [-0.4, -0.2) is 28.5 Å². The van der Waals surface area contributed by atoms with Gasteiger partial charge < -0.3 is 10.9 Å². The Morgan fingerprint density at radius 2 is 2.32 bits per heavy atom. The van der Waals surface area contributed by atoms with Gasteiger partial charge in [-0.15, -0.1) is 0 Å². The van der Waals surface area contributed by atoms with Gasteiger partial charge >= 0.3 is 0 Å². The summed E-state index contributed by atoms with van der Waals surface area (Å²) in [6.07, 6.45) is 2.88. The van der Waals surface area contributed by atoms with Crippen LogP contribution in [0.1, 0.15) is 24.8 Å². The fraction of sp³-hybridized carbons (Fsp3) is 0.462. The zero-order valence-electron chi connectivity index (χ0n) is 10.5. The number of piperidine rings is 1. The molecule has 2 rings (SSSR count). The van der Waals surface area contributed by atoms with Crippen LogP contribution in [0.25, 0.3) is 0 Å². The van der Waals surface area contributed by atoms with Crippen molar-refractivity contribution in [1.29, 1.82) is 0 Å². The van der Waals surface area contributed by atoms with Crippen LogP contribution in [0.3, 0.4) is 0 Å². The molecule has 0 bridgehead atoms. The molecule has 1 aliphatic heterocycles. The van der Waals surface area contributed by atoms with E-state index in [0.29, 0.717) is 17.1 Å². The van der Waals surface area contributed by atoms with Crippen LogP contribution in [0.5, 0.6) is 0 Å². The van der Waals surface area contributed by atoms with Crippen LogP contribution >= 0.6 is 11.6 Å². The minimum atomic E-state index is -0.323. The summed E-state index contributed by atoms with van der Waals surface area (Å²) >= 11 is 5.74. The molecule has 0 spiro atoms. The van der Waals surface area contributed by atoms with Gasteiger partial charge in [0.05, 0.1) is 6.04 Å². The smallest absolute Gasteiger partial charge is 0.156 e. The second-order valence-electron chi connectivity index (χ2n) is 4.74. The number of benzene rings is 1. The maximum absolute atomic E-state index is 13.8. The monoisotopic (exact) mass is 285 g/mol. The second-order valence-corrected chi connectivity index (χ2v) is 5.18. The molecule has 19 heavy (non-hydrogen) atoms. The number of nitrogens with two attached hydrogens (primary N) is 1. The molecule has 0 aliphatic carbocycles. The average Bonchev–Trinajstić information content (AvgIpc) is 2.41. The van der Waals surface area contributed by atoms with Gasteiger partial charge in [0.25, 0.3) is 0 Å². The van der Waals surface area contributed by atoms with Crippen molar-refractivity contribution in [3.8, 4) is 0 Å². The lowest BCUT2D eigenvalue weighted by molar-refractivity contribution is 0.176. The SMILES string of the molecule is N/C(=N/O)C1CCCCN1Cc1ccc(Cl)cc1F. The Kier molecular flexibility index (Phi) is 4.61. The molecule has 1 unspecified atom stereocenters. The number of hydrogen-bond donors (Lipinski definition) is 2. The van der Waals surface area contributed by atoms with Gasteiger partial charge in [0.1, 0.15) is 5.82 Å². The van der Waals surface area contributed by atoms with E-state index in [1.807, 2.05) is 4.90 Å². The molecule has 0 aromatic heterocycles. The van der Waals surface area contributed by atoms with Gasteiger partial charge in [0, 0.05) is 17.1 Å². The van der Waals surface area contributed by atoms with Gasteiger partial charge in [-0.3, -0.25) is 4.90 Å². The predicted octanol–water partition coefficient (Wildman–Crippen LogP) is 2.58. The first kappa shape index (κ1) is 14.1. The molecule has 1 aromatic carbocycles. The normalized spacial score (nSPS) is 21.6. The number of hydrogen-bond acceptors (Lipinski definition) is 3. The number of nitrogens with zero attached hydrogens (tertiary/aromatic N) is 2. The number of halogens is 2. The van der Waals surface area contributed by atoms with E-state index in [1.165, 1.54) is 6.07 Å².